The monoisotopic (exact) mass is 291 g/mol. The first-order valence-electron chi connectivity index (χ1n) is 5.73. The van der Waals surface area contributed by atoms with Gasteiger partial charge in [-0.2, -0.15) is 8.78 Å². The molecule has 1 saturated heterocycles. The predicted molar refractivity (Wildman–Crippen MR) is 62.1 cm³/mol. The summed E-state index contributed by atoms with van der Waals surface area (Å²) < 4.78 is 32.0. The third-order valence-corrected chi connectivity index (χ3v) is 1.95. The highest BCUT2D eigenvalue weighted by Gasteiger charge is 2.31. The van der Waals surface area contributed by atoms with Crippen LogP contribution in [0.5, 0.6) is 0 Å². The highest BCUT2D eigenvalue weighted by molar-refractivity contribution is 5.94. The van der Waals surface area contributed by atoms with E-state index >= 15 is 0 Å². The molecule has 1 fully saturated rings. The Hall–Kier alpha value is -2.06. The maximum atomic E-state index is 11.4. The van der Waals surface area contributed by atoms with Crippen molar-refractivity contribution in [1.82, 2.24) is 15.1 Å². The molecule has 7 nitrogen and oxygen atoms in total. The second kappa shape index (κ2) is 6.40. The molecule has 9 heteroatoms. The van der Waals surface area contributed by atoms with E-state index in [1.165, 1.54) is 4.90 Å². The number of alkyl halides is 2. The number of hydrogen-bond donors (Lipinski definition) is 0. The van der Waals surface area contributed by atoms with Crippen molar-refractivity contribution in [1.29, 1.82) is 0 Å². The second-order valence-corrected chi connectivity index (χ2v) is 4.95. The lowest BCUT2D eigenvalue weighted by atomic mass is 10.2. The second-order valence-electron chi connectivity index (χ2n) is 4.95. The van der Waals surface area contributed by atoms with Gasteiger partial charge in [0.25, 0.3) is 5.89 Å². The number of carbonyl (C=O) groups excluding carboxylic acids is 2. The number of amides is 1. The zero-order valence-electron chi connectivity index (χ0n) is 11.3. The highest BCUT2D eigenvalue weighted by atomic mass is 19.3. The van der Waals surface area contributed by atoms with Crippen molar-refractivity contribution in [3.63, 3.8) is 0 Å². The molecule has 0 unspecified atom stereocenters. The minimum Gasteiger partial charge on any atom is -0.444 e. The van der Waals surface area contributed by atoms with Crippen LogP contribution < -0.4 is 0 Å². The van der Waals surface area contributed by atoms with E-state index in [0.29, 0.717) is 0 Å². The van der Waals surface area contributed by atoms with Gasteiger partial charge < -0.3 is 9.15 Å². The molecular weight excluding hydrogens is 276 g/mol. The average molecular weight is 291 g/mol. The fraction of sp³-hybridized carbons (Fsp3) is 0.636. The van der Waals surface area contributed by atoms with Crippen molar-refractivity contribution < 1.29 is 27.5 Å². The summed E-state index contributed by atoms with van der Waals surface area (Å²) in [7, 11) is 0. The molecule has 1 aliphatic heterocycles. The van der Waals surface area contributed by atoms with Gasteiger partial charge in [0.05, 0.1) is 13.1 Å². The fourth-order valence-corrected chi connectivity index (χ4v) is 1.11. The zero-order valence-corrected chi connectivity index (χ0v) is 11.3. The van der Waals surface area contributed by atoms with Crippen LogP contribution in [0.4, 0.5) is 13.6 Å². The molecule has 20 heavy (non-hydrogen) atoms. The number of carbonyl (C=O) groups is 2. The molecule has 2 rings (SSSR count). The van der Waals surface area contributed by atoms with Crippen molar-refractivity contribution >= 4 is 11.9 Å². The summed E-state index contributed by atoms with van der Waals surface area (Å²) in [5.41, 5.74) is -0.476. The highest BCUT2D eigenvalue weighted by Crippen LogP contribution is 2.13. The predicted octanol–water partition coefficient (Wildman–Crippen LogP) is 1.81. The summed E-state index contributed by atoms with van der Waals surface area (Å²) >= 11 is 0. The third kappa shape index (κ3) is 5.29. The summed E-state index contributed by atoms with van der Waals surface area (Å²) in [6.45, 7) is 5.80. The Morgan fingerprint density at radius 3 is 2.35 bits per heavy atom. The molecule has 0 saturated carbocycles. The van der Waals surface area contributed by atoms with E-state index in [1.54, 1.807) is 20.8 Å². The van der Waals surface area contributed by atoms with E-state index in [4.69, 9.17) is 4.74 Å². The zero-order chi connectivity index (χ0) is 15.3. The molecule has 0 radical (unpaired) electrons. The maximum absolute atomic E-state index is 11.4. The number of aromatic nitrogens is 2. The fourth-order valence-electron chi connectivity index (χ4n) is 1.11. The number of nitrogens with zero attached hydrogens (tertiary/aromatic N) is 3. The Labute approximate surface area is 113 Å². The summed E-state index contributed by atoms with van der Waals surface area (Å²) in [5.74, 6) is -0.550. The van der Waals surface area contributed by atoms with Crippen molar-refractivity contribution in [2.24, 2.45) is 0 Å². The lowest BCUT2D eigenvalue weighted by molar-refractivity contribution is -0.128. The van der Waals surface area contributed by atoms with E-state index in [1.807, 2.05) is 0 Å². The lowest BCUT2D eigenvalue weighted by Gasteiger charge is -2.31. The number of hydrogen-bond acceptors (Lipinski definition) is 6. The number of ketones is 1. The molecular formula is C11H15F2N3O4. The van der Waals surface area contributed by atoms with E-state index in [0.717, 1.165) is 6.39 Å². The minimum absolute atomic E-state index is 0.0841. The van der Waals surface area contributed by atoms with E-state index in [9.17, 15) is 18.4 Å². The van der Waals surface area contributed by atoms with Crippen LogP contribution in [0.2, 0.25) is 0 Å². The molecule has 112 valence electrons. The van der Waals surface area contributed by atoms with Gasteiger partial charge in [0.1, 0.15) is 5.60 Å². The Morgan fingerprint density at radius 2 is 2.05 bits per heavy atom. The minimum atomic E-state index is -2.66. The molecule has 0 aromatic carbocycles. The molecule has 1 aliphatic rings. The van der Waals surface area contributed by atoms with Crippen molar-refractivity contribution in [2.75, 3.05) is 13.1 Å². The number of likely N-dealkylation sites (tertiary alicyclic amines) is 1. The summed E-state index contributed by atoms with van der Waals surface area (Å²) in [4.78, 5) is 23.1. The van der Waals surface area contributed by atoms with E-state index in [-0.39, 0.29) is 18.9 Å². The quantitative estimate of drug-likeness (QED) is 0.784. The SMILES string of the molecule is CC(C)(C)OC(=O)N1CC(=O)C1.FC(F)c1nnco1. The number of Topliss-reactive ketones (excluding diaryl/α,β-unsaturated/α-hetero) is 1. The number of rotatable bonds is 1. The molecule has 0 bridgehead atoms. The lowest BCUT2D eigenvalue weighted by Crippen LogP contribution is -2.52. The normalized spacial score (nSPS) is 14.5. The summed E-state index contributed by atoms with van der Waals surface area (Å²) in [6.07, 6.45) is -2.19. The Morgan fingerprint density at radius 1 is 1.45 bits per heavy atom. The Kier molecular flexibility index (Phi) is 5.12. The van der Waals surface area contributed by atoms with Crippen LogP contribution in [0, 0.1) is 0 Å². The molecule has 1 aromatic rings. The first-order valence-corrected chi connectivity index (χ1v) is 5.73. The van der Waals surface area contributed by atoms with E-state index < -0.39 is 24.0 Å². The van der Waals surface area contributed by atoms with Crippen LogP contribution >= 0.6 is 0 Å². The van der Waals surface area contributed by atoms with Crippen LogP contribution in [-0.2, 0) is 9.53 Å². The number of ether oxygens (including phenoxy) is 1. The topological polar surface area (TPSA) is 85.5 Å². The molecule has 0 spiro atoms. The van der Waals surface area contributed by atoms with Gasteiger partial charge in [-0.15, -0.1) is 10.2 Å². The average Bonchev–Trinajstić information content (AvgIpc) is 2.76. The van der Waals surface area contributed by atoms with Crippen LogP contribution in [-0.4, -0.2) is 45.7 Å². The molecule has 1 amide bonds. The van der Waals surface area contributed by atoms with Crippen molar-refractivity contribution in [2.45, 2.75) is 32.8 Å². The van der Waals surface area contributed by atoms with Crippen molar-refractivity contribution in [3.8, 4) is 0 Å². The van der Waals surface area contributed by atoms with Crippen LogP contribution in [0.25, 0.3) is 0 Å². The van der Waals surface area contributed by atoms with E-state index in [2.05, 4.69) is 14.6 Å². The van der Waals surface area contributed by atoms with Gasteiger partial charge in [-0.1, -0.05) is 0 Å². The molecule has 0 N–H and O–H groups in total. The molecule has 2 heterocycles. The maximum Gasteiger partial charge on any atom is 0.411 e. The first-order chi connectivity index (χ1) is 9.19. The molecule has 0 atom stereocenters. The van der Waals surface area contributed by atoms with Gasteiger partial charge in [-0.3, -0.25) is 9.69 Å². The van der Waals surface area contributed by atoms with Gasteiger partial charge in [0.15, 0.2) is 5.78 Å². The van der Waals surface area contributed by atoms with Gasteiger partial charge in [0, 0.05) is 0 Å². The largest absolute Gasteiger partial charge is 0.444 e. The Balaban J connectivity index is 0.000000217. The van der Waals surface area contributed by atoms with Gasteiger partial charge in [-0.25, -0.2) is 4.79 Å². The first kappa shape index (κ1) is 16.0. The molecule has 1 aromatic heterocycles. The molecule has 0 aliphatic carbocycles. The van der Waals surface area contributed by atoms with Crippen LogP contribution in [0.1, 0.15) is 33.1 Å². The van der Waals surface area contributed by atoms with Gasteiger partial charge in [-0.05, 0) is 20.8 Å². The summed E-state index contributed by atoms with van der Waals surface area (Å²) in [6, 6.07) is 0. The van der Waals surface area contributed by atoms with Crippen LogP contribution in [0.15, 0.2) is 10.8 Å². The third-order valence-electron chi connectivity index (χ3n) is 1.95. The van der Waals surface area contributed by atoms with Crippen molar-refractivity contribution in [3.05, 3.63) is 12.3 Å². The van der Waals surface area contributed by atoms with Gasteiger partial charge in [0.2, 0.25) is 6.39 Å². The van der Waals surface area contributed by atoms with Gasteiger partial charge >= 0.3 is 12.5 Å². The number of halogens is 2. The Bertz CT molecular complexity index is 449. The van der Waals surface area contributed by atoms with Crippen LogP contribution in [0.3, 0.4) is 0 Å². The summed E-state index contributed by atoms with van der Waals surface area (Å²) in [5, 5.41) is 6.00. The standard InChI is InChI=1S/C8H13NO3.C3H2F2N2O/c1-8(2,3)12-7(11)9-4-6(10)5-9;4-2(5)3-7-6-1-8-3/h4-5H2,1-3H3;1-2H. The smallest absolute Gasteiger partial charge is 0.411 e.